The Hall–Kier alpha value is -3.93. The van der Waals surface area contributed by atoms with Crippen LogP contribution in [0.4, 0.5) is 0 Å². The van der Waals surface area contributed by atoms with Gasteiger partial charge in [-0.1, -0.05) is 42.5 Å². The molecule has 4 aromatic rings. The Kier molecular flexibility index (Phi) is 6.60. The van der Waals surface area contributed by atoms with Crippen LogP contribution in [0.3, 0.4) is 0 Å². The van der Waals surface area contributed by atoms with Crippen molar-refractivity contribution in [1.82, 2.24) is 10.3 Å². The molecule has 1 heterocycles. The van der Waals surface area contributed by atoms with Gasteiger partial charge < -0.3 is 24.5 Å². The van der Waals surface area contributed by atoms with Gasteiger partial charge in [-0.25, -0.2) is 0 Å². The van der Waals surface area contributed by atoms with Gasteiger partial charge in [0.05, 0.1) is 14.2 Å². The smallest absolute Gasteiger partial charge is 0.257 e. The second-order valence-corrected chi connectivity index (χ2v) is 7.36. The van der Waals surface area contributed by atoms with E-state index in [2.05, 4.69) is 16.4 Å². The summed E-state index contributed by atoms with van der Waals surface area (Å²) < 4.78 is 16.2. The predicted molar refractivity (Wildman–Crippen MR) is 125 cm³/mol. The number of amides is 1. The third-order valence-corrected chi connectivity index (χ3v) is 5.45. The topological polar surface area (TPSA) is 72.6 Å². The van der Waals surface area contributed by atoms with Crippen molar-refractivity contribution in [3.63, 3.8) is 0 Å². The summed E-state index contributed by atoms with van der Waals surface area (Å²) in [4.78, 5) is 15.9. The lowest BCUT2D eigenvalue weighted by Crippen LogP contribution is -2.32. The number of H-pyrrole nitrogens is 1. The normalized spacial score (nSPS) is 11.7. The van der Waals surface area contributed by atoms with Crippen molar-refractivity contribution < 1.29 is 19.0 Å². The van der Waals surface area contributed by atoms with Crippen LogP contribution < -0.4 is 19.5 Å². The minimum Gasteiger partial charge on any atom is -0.497 e. The van der Waals surface area contributed by atoms with Gasteiger partial charge in [0, 0.05) is 29.6 Å². The van der Waals surface area contributed by atoms with E-state index in [1.54, 1.807) is 26.4 Å². The molecule has 6 heteroatoms. The molecule has 4 rings (SSSR count). The standard InChI is InChI=1S/C26H26N2O4/c1-30-19-13-11-18(12-14-19)21(22-16-27-23-8-4-3-7-20(22)23)15-28-26(29)17-32-25-10-6-5-9-24(25)31-2/h3-14,16,21,27H,15,17H2,1-2H3,(H,28,29)/t21-/m0/s1. The van der Waals surface area contributed by atoms with E-state index in [4.69, 9.17) is 14.2 Å². The van der Waals surface area contributed by atoms with E-state index in [1.807, 2.05) is 60.8 Å². The van der Waals surface area contributed by atoms with Gasteiger partial charge in [0.15, 0.2) is 18.1 Å². The Labute approximate surface area is 187 Å². The van der Waals surface area contributed by atoms with Gasteiger partial charge in [-0.05, 0) is 41.5 Å². The van der Waals surface area contributed by atoms with Crippen molar-refractivity contribution in [3.05, 3.63) is 90.1 Å². The highest BCUT2D eigenvalue weighted by Crippen LogP contribution is 2.31. The zero-order valence-electron chi connectivity index (χ0n) is 18.1. The average Bonchev–Trinajstić information content (AvgIpc) is 3.27. The van der Waals surface area contributed by atoms with Gasteiger partial charge in [0.2, 0.25) is 0 Å². The highest BCUT2D eigenvalue weighted by Gasteiger charge is 2.19. The summed E-state index contributed by atoms with van der Waals surface area (Å²) in [5, 5.41) is 4.15. The number of rotatable bonds is 9. The van der Waals surface area contributed by atoms with Crippen LogP contribution in [0.25, 0.3) is 10.9 Å². The van der Waals surface area contributed by atoms with Crippen LogP contribution in [0.15, 0.2) is 79.0 Å². The van der Waals surface area contributed by atoms with E-state index < -0.39 is 0 Å². The van der Waals surface area contributed by atoms with Crippen molar-refractivity contribution in [2.45, 2.75) is 5.92 Å². The van der Waals surface area contributed by atoms with Crippen LogP contribution in [-0.4, -0.2) is 38.3 Å². The van der Waals surface area contributed by atoms with Crippen LogP contribution in [-0.2, 0) is 4.79 Å². The lowest BCUT2D eigenvalue weighted by Gasteiger charge is -2.19. The maximum atomic E-state index is 12.6. The summed E-state index contributed by atoms with van der Waals surface area (Å²) in [5.41, 5.74) is 3.27. The Morgan fingerprint density at radius 2 is 1.62 bits per heavy atom. The number of methoxy groups -OCH3 is 2. The summed E-state index contributed by atoms with van der Waals surface area (Å²) in [5.74, 6) is 1.69. The highest BCUT2D eigenvalue weighted by atomic mass is 16.5. The molecule has 0 bridgehead atoms. The zero-order chi connectivity index (χ0) is 22.3. The third kappa shape index (κ3) is 4.70. The molecule has 0 saturated carbocycles. The number of fused-ring (bicyclic) bond motifs is 1. The number of hydrogen-bond acceptors (Lipinski definition) is 4. The molecule has 0 radical (unpaired) electrons. The number of ether oxygens (including phenoxy) is 3. The molecule has 3 aromatic carbocycles. The van der Waals surface area contributed by atoms with Crippen LogP contribution in [0.2, 0.25) is 0 Å². The Balaban J connectivity index is 1.51. The van der Waals surface area contributed by atoms with Gasteiger partial charge >= 0.3 is 0 Å². The summed E-state index contributed by atoms with van der Waals surface area (Å²) >= 11 is 0. The van der Waals surface area contributed by atoms with Crippen molar-refractivity contribution in [1.29, 1.82) is 0 Å². The van der Waals surface area contributed by atoms with Crippen molar-refractivity contribution >= 4 is 16.8 Å². The molecule has 0 unspecified atom stereocenters. The summed E-state index contributed by atoms with van der Waals surface area (Å²) in [6, 6.07) is 23.3. The molecule has 164 valence electrons. The molecular weight excluding hydrogens is 404 g/mol. The zero-order valence-corrected chi connectivity index (χ0v) is 18.1. The van der Waals surface area contributed by atoms with Crippen LogP contribution in [0, 0.1) is 0 Å². The van der Waals surface area contributed by atoms with E-state index in [0.717, 1.165) is 27.8 Å². The number of para-hydroxylation sites is 3. The minimum atomic E-state index is -0.200. The van der Waals surface area contributed by atoms with E-state index in [1.165, 1.54) is 0 Å². The molecule has 0 aliphatic rings. The predicted octanol–water partition coefficient (Wildman–Crippen LogP) is 4.51. The number of carbonyl (C=O) groups is 1. The first-order chi connectivity index (χ1) is 15.7. The second kappa shape index (κ2) is 9.92. The largest absolute Gasteiger partial charge is 0.497 e. The van der Waals surface area contributed by atoms with Crippen LogP contribution >= 0.6 is 0 Å². The van der Waals surface area contributed by atoms with E-state index >= 15 is 0 Å². The van der Waals surface area contributed by atoms with Gasteiger partial charge in [0.25, 0.3) is 5.91 Å². The van der Waals surface area contributed by atoms with E-state index in [-0.39, 0.29) is 18.4 Å². The van der Waals surface area contributed by atoms with Crippen molar-refractivity contribution in [3.8, 4) is 17.2 Å². The van der Waals surface area contributed by atoms with Crippen molar-refractivity contribution in [2.75, 3.05) is 27.4 Å². The number of hydrogen-bond donors (Lipinski definition) is 2. The fourth-order valence-electron chi connectivity index (χ4n) is 3.77. The van der Waals surface area contributed by atoms with Crippen LogP contribution in [0.1, 0.15) is 17.0 Å². The maximum absolute atomic E-state index is 12.6. The first kappa shape index (κ1) is 21.3. The summed E-state index contributed by atoms with van der Waals surface area (Å²) in [6.07, 6.45) is 2.01. The number of nitrogens with one attached hydrogen (secondary N) is 2. The van der Waals surface area contributed by atoms with Crippen molar-refractivity contribution in [2.24, 2.45) is 0 Å². The van der Waals surface area contributed by atoms with Gasteiger partial charge in [-0.2, -0.15) is 0 Å². The molecule has 1 amide bonds. The average molecular weight is 431 g/mol. The lowest BCUT2D eigenvalue weighted by molar-refractivity contribution is -0.123. The lowest BCUT2D eigenvalue weighted by atomic mass is 9.91. The Morgan fingerprint density at radius 3 is 2.38 bits per heavy atom. The second-order valence-electron chi connectivity index (χ2n) is 7.36. The van der Waals surface area contributed by atoms with Gasteiger partial charge in [-0.3, -0.25) is 4.79 Å². The Bertz CT molecular complexity index is 1180. The molecule has 0 aliphatic heterocycles. The maximum Gasteiger partial charge on any atom is 0.257 e. The molecule has 0 aliphatic carbocycles. The SMILES string of the molecule is COc1ccc([C@H](CNC(=O)COc2ccccc2OC)c2c[nH]c3ccccc23)cc1. The minimum absolute atomic E-state index is 0.0349. The quantitative estimate of drug-likeness (QED) is 0.410. The molecule has 0 fully saturated rings. The highest BCUT2D eigenvalue weighted by molar-refractivity contribution is 5.84. The molecule has 2 N–H and O–H groups in total. The van der Waals surface area contributed by atoms with Gasteiger partial charge in [0.1, 0.15) is 5.75 Å². The van der Waals surface area contributed by atoms with Crippen LogP contribution in [0.5, 0.6) is 17.2 Å². The molecule has 32 heavy (non-hydrogen) atoms. The molecule has 0 spiro atoms. The third-order valence-electron chi connectivity index (χ3n) is 5.45. The number of aromatic amines is 1. The van der Waals surface area contributed by atoms with Gasteiger partial charge in [-0.15, -0.1) is 0 Å². The van der Waals surface area contributed by atoms with E-state index in [0.29, 0.717) is 18.0 Å². The van der Waals surface area contributed by atoms with E-state index in [9.17, 15) is 4.79 Å². The Morgan fingerprint density at radius 1 is 0.906 bits per heavy atom. The molecular formula is C26H26N2O4. The number of carbonyl (C=O) groups excluding carboxylic acids is 1. The molecule has 0 saturated heterocycles. The summed E-state index contributed by atoms with van der Waals surface area (Å²) in [7, 11) is 3.22. The first-order valence-corrected chi connectivity index (χ1v) is 10.4. The number of aromatic nitrogens is 1. The monoisotopic (exact) mass is 430 g/mol. The first-order valence-electron chi connectivity index (χ1n) is 10.4. The molecule has 6 nitrogen and oxygen atoms in total. The molecule has 1 atom stereocenters. The molecule has 1 aromatic heterocycles. The summed E-state index contributed by atoms with van der Waals surface area (Å²) in [6.45, 7) is 0.339. The fourth-order valence-corrected chi connectivity index (χ4v) is 3.77. The number of benzene rings is 3. The fraction of sp³-hybridized carbons (Fsp3) is 0.192.